The zero-order valence-corrected chi connectivity index (χ0v) is 9.95. The van der Waals surface area contributed by atoms with Crippen molar-refractivity contribution in [3.05, 3.63) is 30.1 Å². The second kappa shape index (κ2) is 4.51. The quantitative estimate of drug-likeness (QED) is 0.734. The minimum Gasteiger partial charge on any atom is -0.443 e. The summed E-state index contributed by atoms with van der Waals surface area (Å²) >= 11 is 0. The third-order valence-electron chi connectivity index (χ3n) is 1.88. The zero-order valence-electron chi connectivity index (χ0n) is 9.95. The lowest BCUT2D eigenvalue weighted by atomic mass is 10.2. The summed E-state index contributed by atoms with van der Waals surface area (Å²) in [4.78, 5) is 12.8. The van der Waals surface area contributed by atoms with Gasteiger partial charge in [-0.3, -0.25) is 4.90 Å². The van der Waals surface area contributed by atoms with Crippen LogP contribution in [0.2, 0.25) is 0 Å². The number of anilines is 1. The Hall–Kier alpha value is -1.58. The van der Waals surface area contributed by atoms with Gasteiger partial charge in [-0.05, 0) is 32.9 Å². The van der Waals surface area contributed by atoms with Crippen LogP contribution in [0, 0.1) is 5.82 Å². The van der Waals surface area contributed by atoms with Crippen molar-refractivity contribution in [2.45, 2.75) is 26.4 Å². The number of rotatable bonds is 1. The molecule has 88 valence electrons. The normalized spacial score (nSPS) is 11.1. The van der Waals surface area contributed by atoms with Crippen LogP contribution in [0.15, 0.2) is 24.3 Å². The van der Waals surface area contributed by atoms with Gasteiger partial charge in [0.2, 0.25) is 0 Å². The number of hydrogen-bond donors (Lipinski definition) is 0. The molecule has 0 spiro atoms. The lowest BCUT2D eigenvalue weighted by molar-refractivity contribution is 0.0588. The Labute approximate surface area is 94.8 Å². The number of halogens is 1. The van der Waals surface area contributed by atoms with Gasteiger partial charge in [-0.25, -0.2) is 9.18 Å². The summed E-state index contributed by atoms with van der Waals surface area (Å²) in [5, 5.41) is 0. The molecule has 0 aliphatic heterocycles. The topological polar surface area (TPSA) is 29.5 Å². The number of benzene rings is 1. The molecule has 1 amide bonds. The fourth-order valence-electron chi connectivity index (χ4n) is 1.15. The first-order valence-corrected chi connectivity index (χ1v) is 5.02. The zero-order chi connectivity index (χ0) is 12.3. The van der Waals surface area contributed by atoms with Gasteiger partial charge in [0.1, 0.15) is 11.4 Å². The highest BCUT2D eigenvalue weighted by Crippen LogP contribution is 2.19. The Morgan fingerprint density at radius 2 is 1.88 bits per heavy atom. The Bertz CT molecular complexity index is 385. The van der Waals surface area contributed by atoms with Gasteiger partial charge in [0.25, 0.3) is 0 Å². The molecule has 0 saturated heterocycles. The van der Waals surface area contributed by atoms with Crippen LogP contribution in [0.1, 0.15) is 20.8 Å². The number of ether oxygens (including phenoxy) is 1. The number of nitrogens with zero attached hydrogens (tertiary/aromatic N) is 1. The van der Waals surface area contributed by atoms with Crippen molar-refractivity contribution in [1.29, 1.82) is 0 Å². The van der Waals surface area contributed by atoms with E-state index in [4.69, 9.17) is 4.74 Å². The Morgan fingerprint density at radius 3 is 2.38 bits per heavy atom. The van der Waals surface area contributed by atoms with Crippen LogP contribution in [0.3, 0.4) is 0 Å². The summed E-state index contributed by atoms with van der Waals surface area (Å²) in [5.74, 6) is -0.448. The predicted molar refractivity (Wildman–Crippen MR) is 61.0 cm³/mol. The summed E-state index contributed by atoms with van der Waals surface area (Å²) in [7, 11) is 1.48. The monoisotopic (exact) mass is 225 g/mol. The smallest absolute Gasteiger partial charge is 0.414 e. The first kappa shape index (κ1) is 12.5. The highest BCUT2D eigenvalue weighted by molar-refractivity contribution is 5.87. The van der Waals surface area contributed by atoms with E-state index in [0.717, 1.165) is 4.90 Å². The van der Waals surface area contributed by atoms with Crippen LogP contribution in [0.25, 0.3) is 0 Å². The molecule has 3 nitrogen and oxygen atoms in total. The van der Waals surface area contributed by atoms with E-state index in [1.165, 1.54) is 19.2 Å². The summed E-state index contributed by atoms with van der Waals surface area (Å²) in [6.07, 6.45) is -0.572. The Kier molecular flexibility index (Phi) is 3.52. The van der Waals surface area contributed by atoms with Crippen molar-refractivity contribution in [3.63, 3.8) is 0 Å². The van der Waals surface area contributed by atoms with Crippen molar-refractivity contribution < 1.29 is 13.9 Å². The first-order valence-electron chi connectivity index (χ1n) is 5.02. The molecule has 4 heteroatoms. The van der Waals surface area contributed by atoms with E-state index in [1.807, 2.05) is 0 Å². The van der Waals surface area contributed by atoms with Crippen LogP contribution >= 0.6 is 0 Å². The number of para-hydroxylation sites is 1. The van der Waals surface area contributed by atoms with E-state index in [0.29, 0.717) is 0 Å². The summed E-state index contributed by atoms with van der Waals surface area (Å²) in [5.41, 5.74) is -0.381. The standard InChI is InChI=1S/C12H16FNO2/c1-12(2,3)16-11(15)14(4)10-8-6-5-7-9(10)13/h5-8H,1-4H3. The van der Waals surface area contributed by atoms with Gasteiger partial charge in [-0.1, -0.05) is 12.1 Å². The first-order chi connectivity index (χ1) is 7.31. The van der Waals surface area contributed by atoms with Gasteiger partial charge in [0, 0.05) is 7.05 Å². The predicted octanol–water partition coefficient (Wildman–Crippen LogP) is 3.20. The summed E-state index contributed by atoms with van der Waals surface area (Å²) < 4.78 is 18.5. The maximum Gasteiger partial charge on any atom is 0.414 e. The molecule has 1 aromatic carbocycles. The molecule has 0 unspecified atom stereocenters. The Balaban J connectivity index is 2.83. The average Bonchev–Trinajstić information content (AvgIpc) is 2.15. The maximum atomic E-state index is 13.4. The molecular formula is C12H16FNO2. The molecule has 0 N–H and O–H groups in total. The molecular weight excluding hydrogens is 209 g/mol. The minimum absolute atomic E-state index is 0.205. The van der Waals surface area contributed by atoms with Crippen molar-refractivity contribution >= 4 is 11.8 Å². The van der Waals surface area contributed by atoms with Crippen molar-refractivity contribution in [1.82, 2.24) is 0 Å². The van der Waals surface area contributed by atoms with Gasteiger partial charge >= 0.3 is 6.09 Å². The summed E-state index contributed by atoms with van der Waals surface area (Å²) in [6, 6.07) is 6.07. The van der Waals surface area contributed by atoms with E-state index in [9.17, 15) is 9.18 Å². The minimum atomic E-state index is -0.587. The molecule has 0 saturated carbocycles. The van der Waals surface area contributed by atoms with Gasteiger partial charge in [-0.15, -0.1) is 0 Å². The third kappa shape index (κ3) is 3.22. The largest absolute Gasteiger partial charge is 0.443 e. The fraction of sp³-hybridized carbons (Fsp3) is 0.417. The number of hydrogen-bond acceptors (Lipinski definition) is 2. The fourth-order valence-corrected chi connectivity index (χ4v) is 1.15. The van der Waals surface area contributed by atoms with E-state index in [-0.39, 0.29) is 5.69 Å². The molecule has 0 aliphatic rings. The molecule has 0 aliphatic carbocycles. The van der Waals surface area contributed by atoms with Crippen LogP contribution in [0.5, 0.6) is 0 Å². The maximum absolute atomic E-state index is 13.4. The molecule has 0 heterocycles. The average molecular weight is 225 g/mol. The molecule has 0 radical (unpaired) electrons. The van der Waals surface area contributed by atoms with Crippen LogP contribution in [-0.2, 0) is 4.74 Å². The Morgan fingerprint density at radius 1 is 1.31 bits per heavy atom. The highest BCUT2D eigenvalue weighted by Gasteiger charge is 2.21. The van der Waals surface area contributed by atoms with Crippen LogP contribution in [-0.4, -0.2) is 18.7 Å². The van der Waals surface area contributed by atoms with Crippen molar-refractivity contribution in [3.8, 4) is 0 Å². The molecule has 0 aromatic heterocycles. The third-order valence-corrected chi connectivity index (χ3v) is 1.88. The molecule has 0 fully saturated rings. The number of carbonyl (C=O) groups excluding carboxylic acids is 1. The lowest BCUT2D eigenvalue weighted by Crippen LogP contribution is -2.34. The number of amides is 1. The van der Waals surface area contributed by atoms with E-state index in [2.05, 4.69) is 0 Å². The van der Waals surface area contributed by atoms with Crippen LogP contribution in [0.4, 0.5) is 14.9 Å². The van der Waals surface area contributed by atoms with Crippen molar-refractivity contribution in [2.24, 2.45) is 0 Å². The SMILES string of the molecule is CN(C(=O)OC(C)(C)C)c1ccccc1F. The van der Waals surface area contributed by atoms with Gasteiger partial charge < -0.3 is 4.74 Å². The van der Waals surface area contributed by atoms with Gasteiger partial charge in [0.05, 0.1) is 5.69 Å². The lowest BCUT2D eigenvalue weighted by Gasteiger charge is -2.24. The summed E-state index contributed by atoms with van der Waals surface area (Å²) in [6.45, 7) is 5.29. The molecule has 0 atom stereocenters. The van der Waals surface area contributed by atoms with Gasteiger partial charge in [0.15, 0.2) is 0 Å². The molecule has 0 bridgehead atoms. The molecule has 16 heavy (non-hydrogen) atoms. The van der Waals surface area contributed by atoms with Crippen LogP contribution < -0.4 is 4.90 Å². The second-order valence-corrected chi connectivity index (χ2v) is 4.49. The highest BCUT2D eigenvalue weighted by atomic mass is 19.1. The van der Waals surface area contributed by atoms with E-state index < -0.39 is 17.5 Å². The second-order valence-electron chi connectivity index (χ2n) is 4.49. The van der Waals surface area contributed by atoms with Gasteiger partial charge in [-0.2, -0.15) is 0 Å². The number of carbonyl (C=O) groups is 1. The van der Waals surface area contributed by atoms with E-state index >= 15 is 0 Å². The van der Waals surface area contributed by atoms with E-state index in [1.54, 1.807) is 32.9 Å². The molecule has 1 rings (SSSR count). The van der Waals surface area contributed by atoms with Crippen molar-refractivity contribution in [2.75, 3.05) is 11.9 Å². The molecule has 1 aromatic rings.